The molecule has 1 aromatic rings. The summed E-state index contributed by atoms with van der Waals surface area (Å²) >= 11 is 0. The minimum absolute atomic E-state index is 0.114. The smallest absolute Gasteiger partial charge is 0.271 e. The first-order chi connectivity index (χ1) is 9.97. The van der Waals surface area contributed by atoms with Gasteiger partial charge in [-0.15, -0.1) is 0 Å². The molecule has 0 fully saturated rings. The van der Waals surface area contributed by atoms with Crippen LogP contribution in [-0.2, 0) is 12.6 Å². The molecule has 5 heteroatoms. The third-order valence-electron chi connectivity index (χ3n) is 3.66. The Morgan fingerprint density at radius 3 is 2.19 bits per heavy atom. The molecule has 0 bridgehead atoms. The SMILES string of the molecule is CCCCCCCC(Cc1ccc(C(F)(F)F)cc1)NN. The molecule has 0 aromatic heterocycles. The number of unbranched alkanes of at least 4 members (excludes halogenated alkanes) is 4. The summed E-state index contributed by atoms with van der Waals surface area (Å²) in [6, 6.07) is 5.44. The van der Waals surface area contributed by atoms with Crippen molar-refractivity contribution in [1.29, 1.82) is 0 Å². The lowest BCUT2D eigenvalue weighted by molar-refractivity contribution is -0.137. The van der Waals surface area contributed by atoms with Gasteiger partial charge in [-0.1, -0.05) is 51.2 Å². The zero-order valence-corrected chi connectivity index (χ0v) is 12.5. The molecule has 0 amide bonds. The predicted octanol–water partition coefficient (Wildman–Crippen LogP) is 4.44. The van der Waals surface area contributed by atoms with E-state index in [1.54, 1.807) is 0 Å². The van der Waals surface area contributed by atoms with Crippen molar-refractivity contribution >= 4 is 0 Å². The Labute approximate surface area is 124 Å². The van der Waals surface area contributed by atoms with Crippen LogP contribution in [0.25, 0.3) is 0 Å². The zero-order valence-electron chi connectivity index (χ0n) is 12.5. The quantitative estimate of drug-likeness (QED) is 0.402. The minimum atomic E-state index is -4.27. The fourth-order valence-electron chi connectivity index (χ4n) is 2.35. The summed E-state index contributed by atoms with van der Waals surface area (Å²) in [6.07, 6.45) is 3.29. The van der Waals surface area contributed by atoms with Gasteiger partial charge in [-0.3, -0.25) is 11.3 Å². The van der Waals surface area contributed by atoms with Gasteiger partial charge in [0.1, 0.15) is 0 Å². The van der Waals surface area contributed by atoms with Gasteiger partial charge in [0.05, 0.1) is 5.56 Å². The molecule has 120 valence electrons. The van der Waals surface area contributed by atoms with Crippen molar-refractivity contribution in [3.63, 3.8) is 0 Å². The molecule has 1 aromatic carbocycles. The van der Waals surface area contributed by atoms with Crippen molar-refractivity contribution in [2.24, 2.45) is 5.84 Å². The number of nitrogens with one attached hydrogen (secondary N) is 1. The van der Waals surface area contributed by atoms with Crippen LogP contribution in [-0.4, -0.2) is 6.04 Å². The molecule has 0 heterocycles. The van der Waals surface area contributed by atoms with Crippen molar-refractivity contribution in [1.82, 2.24) is 5.43 Å². The third-order valence-corrected chi connectivity index (χ3v) is 3.66. The second-order valence-electron chi connectivity index (χ2n) is 5.47. The lowest BCUT2D eigenvalue weighted by Crippen LogP contribution is -2.36. The number of rotatable bonds is 9. The summed E-state index contributed by atoms with van der Waals surface area (Å²) in [7, 11) is 0. The number of halogens is 3. The summed E-state index contributed by atoms with van der Waals surface area (Å²) in [5.74, 6) is 5.53. The van der Waals surface area contributed by atoms with E-state index in [4.69, 9.17) is 5.84 Å². The first-order valence-corrected chi connectivity index (χ1v) is 7.59. The Hall–Kier alpha value is -1.07. The van der Waals surface area contributed by atoms with Gasteiger partial charge in [0.15, 0.2) is 0 Å². The highest BCUT2D eigenvalue weighted by Crippen LogP contribution is 2.29. The van der Waals surface area contributed by atoms with Crippen LogP contribution in [0.5, 0.6) is 0 Å². The van der Waals surface area contributed by atoms with Crippen molar-refractivity contribution in [3.05, 3.63) is 35.4 Å². The van der Waals surface area contributed by atoms with Gasteiger partial charge in [-0.2, -0.15) is 13.2 Å². The zero-order chi connectivity index (χ0) is 15.7. The second-order valence-corrected chi connectivity index (χ2v) is 5.47. The summed E-state index contributed by atoms with van der Waals surface area (Å²) in [5, 5.41) is 0. The Balaban J connectivity index is 2.42. The van der Waals surface area contributed by atoms with Gasteiger partial charge < -0.3 is 0 Å². The van der Waals surface area contributed by atoms with Crippen molar-refractivity contribution in [2.75, 3.05) is 0 Å². The van der Waals surface area contributed by atoms with Crippen LogP contribution < -0.4 is 11.3 Å². The Morgan fingerprint density at radius 1 is 1.05 bits per heavy atom. The van der Waals surface area contributed by atoms with Crippen LogP contribution in [0.2, 0.25) is 0 Å². The van der Waals surface area contributed by atoms with E-state index in [9.17, 15) is 13.2 Å². The average Bonchev–Trinajstić information content (AvgIpc) is 2.45. The molecule has 1 atom stereocenters. The van der Waals surface area contributed by atoms with Crippen LogP contribution in [0.4, 0.5) is 13.2 Å². The van der Waals surface area contributed by atoms with E-state index in [1.165, 1.54) is 37.8 Å². The highest BCUT2D eigenvalue weighted by Gasteiger charge is 2.29. The van der Waals surface area contributed by atoms with Crippen LogP contribution in [0.15, 0.2) is 24.3 Å². The Bertz CT molecular complexity index is 388. The standard InChI is InChI=1S/C16H25F3N2/c1-2-3-4-5-6-7-15(21-20)12-13-8-10-14(11-9-13)16(17,18)19/h8-11,15,21H,2-7,12,20H2,1H3. The molecule has 0 spiro atoms. The van der Waals surface area contributed by atoms with Gasteiger partial charge >= 0.3 is 6.18 Å². The summed E-state index contributed by atoms with van der Waals surface area (Å²) in [6.45, 7) is 2.18. The molecule has 21 heavy (non-hydrogen) atoms. The number of nitrogens with two attached hydrogens (primary N) is 1. The van der Waals surface area contributed by atoms with E-state index in [0.717, 1.165) is 30.5 Å². The van der Waals surface area contributed by atoms with Crippen molar-refractivity contribution < 1.29 is 13.2 Å². The van der Waals surface area contributed by atoms with E-state index in [0.29, 0.717) is 6.42 Å². The summed E-state index contributed by atoms with van der Waals surface area (Å²) < 4.78 is 37.5. The summed E-state index contributed by atoms with van der Waals surface area (Å²) in [4.78, 5) is 0. The molecular weight excluding hydrogens is 277 g/mol. The Morgan fingerprint density at radius 2 is 1.67 bits per heavy atom. The Kier molecular flexibility index (Phi) is 7.75. The third kappa shape index (κ3) is 6.96. The monoisotopic (exact) mass is 302 g/mol. The van der Waals surface area contributed by atoms with E-state index in [1.807, 2.05) is 0 Å². The van der Waals surface area contributed by atoms with E-state index in [2.05, 4.69) is 12.3 Å². The fraction of sp³-hybridized carbons (Fsp3) is 0.625. The molecule has 1 rings (SSSR count). The van der Waals surface area contributed by atoms with Crippen LogP contribution in [0.1, 0.15) is 56.6 Å². The maximum absolute atomic E-state index is 12.5. The first-order valence-electron chi connectivity index (χ1n) is 7.59. The predicted molar refractivity (Wildman–Crippen MR) is 79.6 cm³/mol. The largest absolute Gasteiger partial charge is 0.416 e. The molecule has 1 unspecified atom stereocenters. The van der Waals surface area contributed by atoms with Crippen LogP contribution >= 0.6 is 0 Å². The van der Waals surface area contributed by atoms with E-state index < -0.39 is 11.7 Å². The van der Waals surface area contributed by atoms with Gasteiger partial charge in [0.2, 0.25) is 0 Å². The molecule has 0 saturated carbocycles. The highest BCUT2D eigenvalue weighted by molar-refractivity contribution is 5.25. The highest BCUT2D eigenvalue weighted by atomic mass is 19.4. The minimum Gasteiger partial charge on any atom is -0.271 e. The second kappa shape index (κ2) is 9.05. The van der Waals surface area contributed by atoms with E-state index >= 15 is 0 Å². The van der Waals surface area contributed by atoms with Crippen molar-refractivity contribution in [3.8, 4) is 0 Å². The molecule has 0 aliphatic rings. The normalized spacial score (nSPS) is 13.4. The number of hydrogen-bond donors (Lipinski definition) is 2. The lowest BCUT2D eigenvalue weighted by atomic mass is 9.99. The first kappa shape index (κ1) is 18.0. The molecule has 3 N–H and O–H groups in total. The van der Waals surface area contributed by atoms with E-state index in [-0.39, 0.29) is 6.04 Å². The number of alkyl halides is 3. The van der Waals surface area contributed by atoms with Gasteiger partial charge in [-0.05, 0) is 30.5 Å². The maximum Gasteiger partial charge on any atom is 0.416 e. The number of hydrogen-bond acceptors (Lipinski definition) is 2. The van der Waals surface area contributed by atoms with Crippen LogP contribution in [0.3, 0.4) is 0 Å². The lowest BCUT2D eigenvalue weighted by Gasteiger charge is -2.16. The molecule has 0 aliphatic carbocycles. The van der Waals surface area contributed by atoms with Crippen molar-refractivity contribution in [2.45, 2.75) is 64.1 Å². The molecule has 0 aliphatic heterocycles. The molecule has 0 saturated heterocycles. The van der Waals surface area contributed by atoms with Crippen LogP contribution in [0, 0.1) is 0 Å². The number of benzene rings is 1. The topological polar surface area (TPSA) is 38.0 Å². The molecule has 0 radical (unpaired) electrons. The fourth-order valence-corrected chi connectivity index (χ4v) is 2.35. The molecular formula is C16H25F3N2. The van der Waals surface area contributed by atoms with Gasteiger partial charge in [0, 0.05) is 6.04 Å². The molecule has 2 nitrogen and oxygen atoms in total. The van der Waals surface area contributed by atoms with Gasteiger partial charge in [-0.25, -0.2) is 0 Å². The number of hydrazine groups is 1. The maximum atomic E-state index is 12.5. The summed E-state index contributed by atoms with van der Waals surface area (Å²) in [5.41, 5.74) is 3.03. The van der Waals surface area contributed by atoms with Gasteiger partial charge in [0.25, 0.3) is 0 Å². The average molecular weight is 302 g/mol.